The van der Waals surface area contributed by atoms with Crippen LogP contribution in [0.5, 0.6) is 5.75 Å². The summed E-state index contributed by atoms with van der Waals surface area (Å²) in [7, 11) is 0. The van der Waals surface area contributed by atoms with E-state index < -0.39 is 0 Å². The summed E-state index contributed by atoms with van der Waals surface area (Å²) in [6.45, 7) is 5.79. The van der Waals surface area contributed by atoms with Gasteiger partial charge in [0.05, 0.1) is 5.56 Å². The minimum absolute atomic E-state index is 0.186. The Hall–Kier alpha value is -4.13. The molecule has 4 rings (SSSR count). The molecule has 0 aliphatic carbocycles. The minimum Gasteiger partial charge on any atom is -0.485 e. The molecule has 4 aromatic rings. The van der Waals surface area contributed by atoms with Crippen LogP contribution in [0.15, 0.2) is 71.3 Å². The molecule has 0 spiro atoms. The van der Waals surface area contributed by atoms with E-state index in [0.717, 1.165) is 17.0 Å². The number of carbonyl (C=O) groups is 2. The molecule has 0 saturated carbocycles. The SMILES string of the molecule is Cc1cc(-n2c(C)cc(C(=O)COc3ccccc3C(=O)NCc3ccccc3)c2C)no1. The minimum atomic E-state index is -0.263. The molecule has 7 nitrogen and oxygen atoms in total. The Morgan fingerprint density at radius 3 is 2.42 bits per heavy atom. The maximum absolute atomic E-state index is 13.0. The highest BCUT2D eigenvalue weighted by molar-refractivity contribution is 5.99. The fraction of sp³-hybridized carbons (Fsp3) is 0.192. The van der Waals surface area contributed by atoms with Crippen molar-refractivity contribution >= 4 is 11.7 Å². The predicted octanol–water partition coefficient (Wildman–Crippen LogP) is 4.58. The first-order valence-electron chi connectivity index (χ1n) is 10.6. The van der Waals surface area contributed by atoms with Gasteiger partial charge in [-0.2, -0.15) is 0 Å². The molecule has 0 aliphatic rings. The number of carbonyl (C=O) groups excluding carboxylic acids is 2. The molecule has 2 heterocycles. The molecule has 7 heteroatoms. The number of Topliss-reactive ketones (excluding diaryl/α,β-unsaturated/α-hetero) is 1. The molecule has 0 bridgehead atoms. The highest BCUT2D eigenvalue weighted by Gasteiger charge is 2.20. The van der Waals surface area contributed by atoms with Crippen LogP contribution in [0.1, 0.15) is 43.4 Å². The molecule has 0 aliphatic heterocycles. The van der Waals surface area contributed by atoms with Crippen LogP contribution in [-0.2, 0) is 6.54 Å². The van der Waals surface area contributed by atoms with Gasteiger partial charge in [-0.05, 0) is 44.5 Å². The number of hydrogen-bond donors (Lipinski definition) is 1. The number of para-hydroxylation sites is 1. The van der Waals surface area contributed by atoms with E-state index in [1.54, 1.807) is 24.3 Å². The summed E-state index contributed by atoms with van der Waals surface area (Å²) in [6.07, 6.45) is 0. The van der Waals surface area contributed by atoms with Crippen molar-refractivity contribution in [3.05, 3.63) is 101 Å². The van der Waals surface area contributed by atoms with Crippen LogP contribution in [0.25, 0.3) is 5.82 Å². The monoisotopic (exact) mass is 443 g/mol. The number of amides is 1. The molecule has 0 saturated heterocycles. The summed E-state index contributed by atoms with van der Waals surface area (Å²) in [4.78, 5) is 25.7. The fourth-order valence-corrected chi connectivity index (χ4v) is 3.73. The van der Waals surface area contributed by atoms with Crippen LogP contribution < -0.4 is 10.1 Å². The first-order chi connectivity index (χ1) is 15.9. The number of aromatic nitrogens is 2. The summed E-state index contributed by atoms with van der Waals surface area (Å²) in [5.74, 6) is 1.23. The molecule has 2 aromatic carbocycles. The lowest BCUT2D eigenvalue weighted by molar-refractivity contribution is 0.0902. The Kier molecular flexibility index (Phi) is 6.40. The van der Waals surface area contributed by atoms with Gasteiger partial charge < -0.3 is 14.6 Å². The Bertz CT molecular complexity index is 1290. The number of benzene rings is 2. The smallest absolute Gasteiger partial charge is 0.255 e. The van der Waals surface area contributed by atoms with Crippen LogP contribution >= 0.6 is 0 Å². The van der Waals surface area contributed by atoms with Crippen molar-refractivity contribution in [2.75, 3.05) is 6.61 Å². The van der Waals surface area contributed by atoms with Gasteiger partial charge in [-0.15, -0.1) is 0 Å². The molecule has 33 heavy (non-hydrogen) atoms. The average molecular weight is 444 g/mol. The molecule has 1 amide bonds. The van der Waals surface area contributed by atoms with E-state index in [2.05, 4.69) is 10.5 Å². The standard InChI is InChI=1S/C26H25N3O4/c1-17-13-22(19(3)29(17)25-14-18(2)33-28-25)23(30)16-32-24-12-8-7-11-21(24)26(31)27-15-20-9-5-4-6-10-20/h4-14H,15-16H2,1-3H3,(H,27,31). The van der Waals surface area contributed by atoms with Crippen LogP contribution in [-0.4, -0.2) is 28.0 Å². The van der Waals surface area contributed by atoms with E-state index in [9.17, 15) is 9.59 Å². The lowest BCUT2D eigenvalue weighted by Gasteiger charge is -2.11. The van der Waals surface area contributed by atoms with Gasteiger partial charge in [0, 0.05) is 29.6 Å². The zero-order valence-corrected chi connectivity index (χ0v) is 18.8. The highest BCUT2D eigenvalue weighted by atomic mass is 16.5. The van der Waals surface area contributed by atoms with Gasteiger partial charge in [0.1, 0.15) is 11.5 Å². The van der Waals surface area contributed by atoms with Gasteiger partial charge in [-0.25, -0.2) is 0 Å². The van der Waals surface area contributed by atoms with Crippen molar-refractivity contribution < 1.29 is 18.8 Å². The fourth-order valence-electron chi connectivity index (χ4n) is 3.73. The highest BCUT2D eigenvalue weighted by Crippen LogP contribution is 2.23. The van der Waals surface area contributed by atoms with Crippen molar-refractivity contribution in [1.82, 2.24) is 15.0 Å². The Balaban J connectivity index is 1.46. The largest absolute Gasteiger partial charge is 0.485 e. The third-order valence-electron chi connectivity index (χ3n) is 5.36. The summed E-state index contributed by atoms with van der Waals surface area (Å²) < 4.78 is 12.8. The van der Waals surface area contributed by atoms with E-state index in [4.69, 9.17) is 9.26 Å². The van der Waals surface area contributed by atoms with E-state index in [1.807, 2.05) is 67.8 Å². The van der Waals surface area contributed by atoms with Crippen LogP contribution in [0.2, 0.25) is 0 Å². The zero-order chi connectivity index (χ0) is 23.4. The second-order valence-corrected chi connectivity index (χ2v) is 7.79. The Morgan fingerprint density at radius 2 is 1.70 bits per heavy atom. The van der Waals surface area contributed by atoms with Crippen LogP contribution in [0.3, 0.4) is 0 Å². The number of ether oxygens (including phenoxy) is 1. The number of ketones is 1. The number of nitrogens with one attached hydrogen (secondary N) is 1. The normalized spacial score (nSPS) is 10.8. The van der Waals surface area contributed by atoms with Gasteiger partial charge in [-0.1, -0.05) is 47.6 Å². The van der Waals surface area contributed by atoms with Gasteiger partial charge in [0.25, 0.3) is 5.91 Å². The van der Waals surface area contributed by atoms with Gasteiger partial charge in [0.2, 0.25) is 5.78 Å². The molecule has 1 N–H and O–H groups in total. The molecule has 168 valence electrons. The second-order valence-electron chi connectivity index (χ2n) is 7.79. The maximum atomic E-state index is 13.0. The van der Waals surface area contributed by atoms with E-state index >= 15 is 0 Å². The molecule has 0 unspecified atom stereocenters. The summed E-state index contributed by atoms with van der Waals surface area (Å²) in [5, 5.41) is 6.94. The van der Waals surface area contributed by atoms with Crippen molar-refractivity contribution in [2.24, 2.45) is 0 Å². The Labute approximate surface area is 192 Å². The van der Waals surface area contributed by atoms with E-state index in [1.165, 1.54) is 0 Å². The van der Waals surface area contributed by atoms with Crippen molar-refractivity contribution in [3.8, 4) is 11.6 Å². The third-order valence-corrected chi connectivity index (χ3v) is 5.36. The van der Waals surface area contributed by atoms with Crippen LogP contribution in [0.4, 0.5) is 0 Å². The Morgan fingerprint density at radius 1 is 0.970 bits per heavy atom. The first kappa shape index (κ1) is 22.1. The molecular formula is C26H25N3O4. The number of hydrogen-bond acceptors (Lipinski definition) is 5. The molecule has 0 atom stereocenters. The van der Waals surface area contributed by atoms with Crippen LogP contribution in [0, 0.1) is 20.8 Å². The zero-order valence-electron chi connectivity index (χ0n) is 18.8. The number of aryl methyl sites for hydroxylation is 2. The lowest BCUT2D eigenvalue weighted by Crippen LogP contribution is -2.24. The maximum Gasteiger partial charge on any atom is 0.255 e. The van der Waals surface area contributed by atoms with E-state index in [-0.39, 0.29) is 18.3 Å². The second kappa shape index (κ2) is 9.56. The predicted molar refractivity (Wildman–Crippen MR) is 124 cm³/mol. The van der Waals surface area contributed by atoms with Gasteiger partial charge >= 0.3 is 0 Å². The molecule has 2 aromatic heterocycles. The van der Waals surface area contributed by atoms with E-state index in [0.29, 0.717) is 35.0 Å². The molecule has 0 radical (unpaired) electrons. The third kappa shape index (κ3) is 4.87. The lowest BCUT2D eigenvalue weighted by atomic mass is 10.1. The first-order valence-corrected chi connectivity index (χ1v) is 10.6. The van der Waals surface area contributed by atoms with Gasteiger partial charge in [0.15, 0.2) is 12.4 Å². The van der Waals surface area contributed by atoms with Crippen molar-refractivity contribution in [3.63, 3.8) is 0 Å². The van der Waals surface area contributed by atoms with Crippen molar-refractivity contribution in [2.45, 2.75) is 27.3 Å². The van der Waals surface area contributed by atoms with Gasteiger partial charge in [-0.3, -0.25) is 14.2 Å². The topological polar surface area (TPSA) is 86.4 Å². The molecule has 0 fully saturated rings. The number of rotatable bonds is 8. The summed E-state index contributed by atoms with van der Waals surface area (Å²) in [5.41, 5.74) is 3.54. The molecular weight excluding hydrogens is 418 g/mol. The quantitative estimate of drug-likeness (QED) is 0.403. The summed E-state index contributed by atoms with van der Waals surface area (Å²) in [6, 6.07) is 20.2. The average Bonchev–Trinajstić information content (AvgIpc) is 3.38. The summed E-state index contributed by atoms with van der Waals surface area (Å²) >= 11 is 0. The number of nitrogens with zero attached hydrogens (tertiary/aromatic N) is 2. The van der Waals surface area contributed by atoms with Crippen molar-refractivity contribution in [1.29, 1.82) is 0 Å².